The average Bonchev–Trinajstić information content (AvgIpc) is 2.83. The molecule has 2 heterocycles. The Kier molecular flexibility index (Phi) is 7.93. The molecule has 1 fully saturated rings. The summed E-state index contributed by atoms with van der Waals surface area (Å²) in [6, 6.07) is 11.2. The van der Waals surface area contributed by atoms with Gasteiger partial charge in [-0.2, -0.15) is 0 Å². The molecule has 5 nitrogen and oxygen atoms in total. The van der Waals surface area contributed by atoms with Crippen molar-refractivity contribution in [1.82, 2.24) is 9.80 Å². The molecule has 0 aromatic heterocycles. The van der Waals surface area contributed by atoms with Crippen LogP contribution in [0, 0.1) is 17.6 Å². The zero-order valence-electron chi connectivity index (χ0n) is 19.1. The van der Waals surface area contributed by atoms with Gasteiger partial charge in [0.15, 0.2) is 0 Å². The molecule has 7 heteroatoms. The maximum Gasteiger partial charge on any atom is 0.254 e. The third-order valence-corrected chi connectivity index (χ3v) is 6.75. The Balaban J connectivity index is 1.53. The number of halogens is 2. The fourth-order valence-corrected chi connectivity index (χ4v) is 4.90. The second-order valence-electron chi connectivity index (χ2n) is 8.92. The molecular formula is C26H32F2N2O3. The van der Waals surface area contributed by atoms with Crippen molar-refractivity contribution in [2.75, 3.05) is 39.9 Å². The minimum absolute atomic E-state index is 0.0199. The Morgan fingerprint density at radius 2 is 1.82 bits per heavy atom. The van der Waals surface area contributed by atoms with E-state index in [2.05, 4.69) is 0 Å². The number of hydrogen-bond donors (Lipinski definition) is 0. The fourth-order valence-electron chi connectivity index (χ4n) is 4.90. The molecule has 0 radical (unpaired) electrons. The lowest BCUT2D eigenvalue weighted by atomic mass is 9.89. The van der Waals surface area contributed by atoms with Crippen LogP contribution in [0.15, 0.2) is 42.5 Å². The quantitative estimate of drug-likeness (QED) is 0.679. The van der Waals surface area contributed by atoms with Gasteiger partial charge in [0, 0.05) is 50.3 Å². The Hall–Kier alpha value is -2.51. The number of carbonyl (C=O) groups is 1. The van der Waals surface area contributed by atoms with E-state index in [9.17, 15) is 13.6 Å². The highest BCUT2D eigenvalue weighted by molar-refractivity contribution is 5.94. The van der Waals surface area contributed by atoms with Crippen molar-refractivity contribution in [3.05, 3.63) is 65.2 Å². The van der Waals surface area contributed by atoms with E-state index in [0.29, 0.717) is 44.1 Å². The number of benzene rings is 2. The number of ether oxygens (including phenoxy) is 2. The highest BCUT2D eigenvalue weighted by Gasteiger charge is 2.31. The first-order valence-corrected chi connectivity index (χ1v) is 11.8. The number of nitrogens with zero attached hydrogens (tertiary/aromatic N) is 2. The van der Waals surface area contributed by atoms with E-state index in [1.54, 1.807) is 13.2 Å². The van der Waals surface area contributed by atoms with Crippen molar-refractivity contribution in [3.8, 4) is 5.75 Å². The molecule has 2 aliphatic heterocycles. The maximum absolute atomic E-state index is 14.2. The van der Waals surface area contributed by atoms with Gasteiger partial charge in [-0.05, 0) is 56.1 Å². The standard InChI is InChI=1S/C26H32F2N2O3/c1-32-25-11-13-30-17-20(25)6-2-3-12-29(18-22-23(27)9-5-10-24(22)28)14-15-33-21-8-4-7-19(16-21)26(30)31/h4-5,7-10,16,20,25H,2-3,6,11-15,17-18H2,1H3/t20-,25+/m1/s1. The van der Waals surface area contributed by atoms with Gasteiger partial charge >= 0.3 is 0 Å². The first-order chi connectivity index (χ1) is 16.0. The highest BCUT2D eigenvalue weighted by Crippen LogP contribution is 2.27. The van der Waals surface area contributed by atoms with Crippen molar-refractivity contribution < 1.29 is 23.0 Å². The summed E-state index contributed by atoms with van der Waals surface area (Å²) in [6.07, 6.45) is 3.76. The first-order valence-electron chi connectivity index (χ1n) is 11.8. The predicted molar refractivity (Wildman–Crippen MR) is 122 cm³/mol. The Bertz CT molecular complexity index is 935. The molecule has 0 unspecified atom stereocenters. The zero-order valence-corrected chi connectivity index (χ0v) is 19.1. The van der Waals surface area contributed by atoms with Gasteiger partial charge in [-0.1, -0.05) is 18.6 Å². The second-order valence-corrected chi connectivity index (χ2v) is 8.92. The summed E-state index contributed by atoms with van der Waals surface area (Å²) < 4.78 is 40.1. The third kappa shape index (κ3) is 5.89. The molecule has 0 spiro atoms. The number of carbonyl (C=O) groups excluding carboxylic acids is 1. The van der Waals surface area contributed by atoms with Crippen LogP contribution in [0.1, 0.15) is 41.6 Å². The molecule has 0 saturated carbocycles. The lowest BCUT2D eigenvalue weighted by Gasteiger charge is -2.38. The van der Waals surface area contributed by atoms with Crippen molar-refractivity contribution in [3.63, 3.8) is 0 Å². The largest absolute Gasteiger partial charge is 0.492 e. The Morgan fingerprint density at radius 3 is 2.61 bits per heavy atom. The lowest BCUT2D eigenvalue weighted by molar-refractivity contribution is -0.00677. The van der Waals surface area contributed by atoms with Crippen LogP contribution in [0.2, 0.25) is 0 Å². The summed E-state index contributed by atoms with van der Waals surface area (Å²) in [6.45, 7) is 3.16. The molecular weight excluding hydrogens is 426 g/mol. The molecule has 2 aromatic carbocycles. The highest BCUT2D eigenvalue weighted by atomic mass is 19.1. The minimum atomic E-state index is -0.525. The molecule has 1 amide bonds. The van der Waals surface area contributed by atoms with Crippen molar-refractivity contribution >= 4 is 5.91 Å². The van der Waals surface area contributed by atoms with Crippen LogP contribution in [0.5, 0.6) is 5.75 Å². The van der Waals surface area contributed by atoms with Gasteiger partial charge in [0.25, 0.3) is 5.91 Å². The summed E-state index contributed by atoms with van der Waals surface area (Å²) >= 11 is 0. The average molecular weight is 459 g/mol. The van der Waals surface area contributed by atoms with Crippen molar-refractivity contribution in [1.29, 1.82) is 0 Å². The Morgan fingerprint density at radius 1 is 1.03 bits per heavy atom. The molecule has 2 aromatic rings. The predicted octanol–water partition coefficient (Wildman–Crippen LogP) is 4.51. The Labute approximate surface area is 194 Å². The van der Waals surface area contributed by atoms with Crippen LogP contribution in [0.25, 0.3) is 0 Å². The molecule has 4 bridgehead atoms. The van der Waals surface area contributed by atoms with Gasteiger partial charge in [-0.3, -0.25) is 9.69 Å². The normalized spacial score (nSPS) is 22.9. The zero-order chi connectivity index (χ0) is 23.2. The second kappa shape index (κ2) is 11.1. The van der Waals surface area contributed by atoms with E-state index in [1.165, 1.54) is 18.2 Å². The number of methoxy groups -OCH3 is 1. The van der Waals surface area contributed by atoms with E-state index in [-0.39, 0.29) is 30.0 Å². The SMILES string of the molecule is CO[C@H]1CCN2C[C@H]1CCCCN(Cc1c(F)cccc1F)CCOc1cccc(c1)C2=O. The maximum atomic E-state index is 14.2. The molecule has 33 heavy (non-hydrogen) atoms. The van der Waals surface area contributed by atoms with E-state index in [4.69, 9.17) is 9.47 Å². The van der Waals surface area contributed by atoms with E-state index in [1.807, 2.05) is 28.0 Å². The van der Waals surface area contributed by atoms with Crippen LogP contribution in [0.4, 0.5) is 8.78 Å². The minimum Gasteiger partial charge on any atom is -0.492 e. The number of fused-ring (bicyclic) bond motifs is 4. The number of amides is 1. The smallest absolute Gasteiger partial charge is 0.254 e. The molecule has 178 valence electrons. The van der Waals surface area contributed by atoms with Gasteiger partial charge in [0.1, 0.15) is 24.0 Å². The van der Waals surface area contributed by atoms with Crippen LogP contribution < -0.4 is 4.74 Å². The molecule has 0 aliphatic carbocycles. The van der Waals surface area contributed by atoms with Gasteiger partial charge in [0.05, 0.1) is 6.10 Å². The van der Waals surface area contributed by atoms with Crippen LogP contribution in [0.3, 0.4) is 0 Å². The number of rotatable bonds is 3. The van der Waals surface area contributed by atoms with Gasteiger partial charge in [0.2, 0.25) is 0 Å². The van der Waals surface area contributed by atoms with Crippen LogP contribution in [-0.4, -0.2) is 61.7 Å². The fraction of sp³-hybridized carbons (Fsp3) is 0.500. The van der Waals surface area contributed by atoms with E-state index in [0.717, 1.165) is 25.7 Å². The lowest BCUT2D eigenvalue weighted by Crippen LogP contribution is -2.46. The number of hydrogen-bond acceptors (Lipinski definition) is 4. The molecule has 0 N–H and O–H groups in total. The van der Waals surface area contributed by atoms with E-state index >= 15 is 0 Å². The van der Waals surface area contributed by atoms with Gasteiger partial charge < -0.3 is 14.4 Å². The summed E-state index contributed by atoms with van der Waals surface area (Å²) in [5.74, 6) is -0.135. The van der Waals surface area contributed by atoms with E-state index < -0.39 is 11.6 Å². The summed E-state index contributed by atoms with van der Waals surface area (Å²) in [5, 5.41) is 0. The molecule has 4 rings (SSSR count). The molecule has 2 atom stereocenters. The van der Waals surface area contributed by atoms with Crippen LogP contribution >= 0.6 is 0 Å². The summed E-state index contributed by atoms with van der Waals surface area (Å²) in [4.78, 5) is 17.1. The first kappa shape index (κ1) is 23.6. The van der Waals surface area contributed by atoms with Crippen molar-refractivity contribution in [2.24, 2.45) is 5.92 Å². The molecule has 2 aliphatic rings. The van der Waals surface area contributed by atoms with Gasteiger partial charge in [-0.25, -0.2) is 8.78 Å². The van der Waals surface area contributed by atoms with Crippen molar-refractivity contribution in [2.45, 2.75) is 38.3 Å². The third-order valence-electron chi connectivity index (χ3n) is 6.75. The monoisotopic (exact) mass is 458 g/mol. The van der Waals surface area contributed by atoms with Gasteiger partial charge in [-0.15, -0.1) is 0 Å². The summed E-state index contributed by atoms with van der Waals surface area (Å²) in [7, 11) is 1.74. The summed E-state index contributed by atoms with van der Waals surface area (Å²) in [5.41, 5.74) is 0.702. The van der Waals surface area contributed by atoms with Crippen LogP contribution in [-0.2, 0) is 11.3 Å². The molecule has 1 saturated heterocycles. The number of piperidine rings is 1. The topological polar surface area (TPSA) is 42.0 Å².